The first kappa shape index (κ1) is 22.6. The SMILES string of the molecule is CCc1nc(-c2cc(S(=O)(=O)N3CCCC(C(=O)Nc4ccc(F)cc4)C3)c(C)s2)no1. The minimum Gasteiger partial charge on any atom is -0.339 e. The summed E-state index contributed by atoms with van der Waals surface area (Å²) in [6.07, 6.45) is 1.74. The number of benzene rings is 1. The molecule has 4 rings (SSSR count). The normalized spacial score (nSPS) is 17.4. The largest absolute Gasteiger partial charge is 0.339 e. The van der Waals surface area contributed by atoms with Crippen molar-refractivity contribution in [3.8, 4) is 10.7 Å². The standard InChI is InChI=1S/C21H23FN4O4S2/c1-3-19-24-20(25-30-19)17-11-18(13(2)31-17)32(28,29)26-10-4-5-14(12-26)21(27)23-16-8-6-15(22)7-9-16/h6-9,11,14H,3-5,10,12H2,1-2H3,(H,23,27). The van der Waals surface area contributed by atoms with Crippen molar-refractivity contribution in [3.63, 3.8) is 0 Å². The van der Waals surface area contributed by atoms with Gasteiger partial charge in [-0.15, -0.1) is 11.3 Å². The number of amides is 1. The lowest BCUT2D eigenvalue weighted by molar-refractivity contribution is -0.120. The first-order valence-electron chi connectivity index (χ1n) is 10.3. The maximum atomic E-state index is 13.4. The number of carbonyl (C=O) groups excluding carboxylic acids is 1. The van der Waals surface area contributed by atoms with Gasteiger partial charge in [0.15, 0.2) is 0 Å². The van der Waals surface area contributed by atoms with Crippen molar-refractivity contribution in [1.29, 1.82) is 0 Å². The number of hydrogen-bond donors (Lipinski definition) is 1. The van der Waals surface area contributed by atoms with Crippen LogP contribution in [0.25, 0.3) is 10.7 Å². The first-order valence-corrected chi connectivity index (χ1v) is 12.5. The fourth-order valence-electron chi connectivity index (χ4n) is 3.62. The monoisotopic (exact) mass is 478 g/mol. The van der Waals surface area contributed by atoms with Gasteiger partial charge in [0.25, 0.3) is 0 Å². The molecule has 3 heterocycles. The predicted molar refractivity (Wildman–Crippen MR) is 118 cm³/mol. The van der Waals surface area contributed by atoms with E-state index in [1.165, 1.54) is 39.9 Å². The number of rotatable bonds is 6. The zero-order valence-corrected chi connectivity index (χ0v) is 19.3. The van der Waals surface area contributed by atoms with Crippen LogP contribution in [0.15, 0.2) is 39.8 Å². The zero-order valence-electron chi connectivity index (χ0n) is 17.7. The van der Waals surface area contributed by atoms with Crippen LogP contribution in [0.2, 0.25) is 0 Å². The molecule has 1 N–H and O–H groups in total. The Kier molecular flexibility index (Phi) is 6.40. The number of thiophene rings is 1. The Morgan fingerprint density at radius 2 is 2.09 bits per heavy atom. The highest BCUT2D eigenvalue weighted by Crippen LogP contribution is 2.35. The van der Waals surface area contributed by atoms with Crippen LogP contribution in [0.4, 0.5) is 10.1 Å². The van der Waals surface area contributed by atoms with Gasteiger partial charge in [-0.1, -0.05) is 12.1 Å². The molecule has 2 aromatic heterocycles. The maximum absolute atomic E-state index is 13.4. The summed E-state index contributed by atoms with van der Waals surface area (Å²) in [5.41, 5.74) is 0.473. The van der Waals surface area contributed by atoms with E-state index in [1.54, 1.807) is 13.0 Å². The summed E-state index contributed by atoms with van der Waals surface area (Å²) in [4.78, 5) is 18.4. The average Bonchev–Trinajstić information content (AvgIpc) is 3.42. The van der Waals surface area contributed by atoms with Crippen molar-refractivity contribution in [3.05, 3.63) is 46.9 Å². The molecule has 0 radical (unpaired) electrons. The van der Waals surface area contributed by atoms with Crippen LogP contribution in [0.3, 0.4) is 0 Å². The van der Waals surface area contributed by atoms with E-state index < -0.39 is 21.8 Å². The summed E-state index contributed by atoms with van der Waals surface area (Å²) < 4.78 is 46.3. The molecule has 1 unspecified atom stereocenters. The van der Waals surface area contributed by atoms with Crippen LogP contribution < -0.4 is 5.32 Å². The molecule has 170 valence electrons. The number of nitrogens with one attached hydrogen (secondary N) is 1. The molecule has 1 fully saturated rings. The second-order valence-electron chi connectivity index (χ2n) is 7.59. The molecule has 32 heavy (non-hydrogen) atoms. The molecular weight excluding hydrogens is 455 g/mol. The summed E-state index contributed by atoms with van der Waals surface area (Å²) in [5, 5.41) is 6.67. The fourth-order valence-corrected chi connectivity index (χ4v) is 6.63. The summed E-state index contributed by atoms with van der Waals surface area (Å²) in [5.74, 6) is -0.312. The molecular formula is C21H23FN4O4S2. The van der Waals surface area contributed by atoms with Crippen LogP contribution >= 0.6 is 11.3 Å². The number of hydrogen-bond acceptors (Lipinski definition) is 7. The van der Waals surface area contributed by atoms with Gasteiger partial charge in [-0.3, -0.25) is 4.79 Å². The molecule has 1 aliphatic rings. The molecule has 0 spiro atoms. The van der Waals surface area contributed by atoms with Gasteiger partial charge in [0.2, 0.25) is 27.6 Å². The van der Waals surface area contributed by atoms with Crippen LogP contribution in [0.1, 0.15) is 30.5 Å². The summed E-state index contributed by atoms with van der Waals surface area (Å²) in [6, 6.07) is 7.04. The van der Waals surface area contributed by atoms with E-state index in [2.05, 4.69) is 15.5 Å². The number of aromatic nitrogens is 2. The number of nitrogens with zero attached hydrogens (tertiary/aromatic N) is 3. The average molecular weight is 479 g/mol. The Hall–Kier alpha value is -2.63. The topological polar surface area (TPSA) is 105 Å². The van der Waals surface area contributed by atoms with Crippen molar-refractivity contribution >= 4 is 33.0 Å². The van der Waals surface area contributed by atoms with Gasteiger partial charge >= 0.3 is 0 Å². The number of sulfonamides is 1. The van der Waals surface area contributed by atoms with Gasteiger partial charge in [-0.25, -0.2) is 12.8 Å². The fraction of sp³-hybridized carbons (Fsp3) is 0.381. The van der Waals surface area contributed by atoms with Crippen LogP contribution in [-0.4, -0.2) is 41.9 Å². The molecule has 8 nitrogen and oxygen atoms in total. The Morgan fingerprint density at radius 3 is 2.78 bits per heavy atom. The number of piperidine rings is 1. The number of carbonyl (C=O) groups is 1. The molecule has 0 aliphatic carbocycles. The molecule has 1 atom stereocenters. The Morgan fingerprint density at radius 1 is 1.34 bits per heavy atom. The van der Waals surface area contributed by atoms with E-state index in [9.17, 15) is 17.6 Å². The van der Waals surface area contributed by atoms with E-state index in [-0.39, 0.29) is 17.3 Å². The molecule has 3 aromatic rings. The van der Waals surface area contributed by atoms with Crippen molar-refractivity contribution in [1.82, 2.24) is 14.4 Å². The zero-order chi connectivity index (χ0) is 22.9. The highest BCUT2D eigenvalue weighted by Gasteiger charge is 2.35. The molecule has 0 saturated carbocycles. The molecule has 1 saturated heterocycles. The van der Waals surface area contributed by atoms with Gasteiger partial charge in [0, 0.05) is 30.1 Å². The van der Waals surface area contributed by atoms with Gasteiger partial charge in [-0.2, -0.15) is 9.29 Å². The van der Waals surface area contributed by atoms with Crippen molar-refractivity contribution in [2.45, 2.75) is 38.0 Å². The van der Waals surface area contributed by atoms with Crippen molar-refractivity contribution < 1.29 is 22.1 Å². The minimum absolute atomic E-state index is 0.0855. The van der Waals surface area contributed by atoms with E-state index in [0.29, 0.717) is 53.0 Å². The second-order valence-corrected chi connectivity index (χ2v) is 10.8. The Balaban J connectivity index is 1.51. The summed E-state index contributed by atoms with van der Waals surface area (Å²) in [7, 11) is -3.80. The van der Waals surface area contributed by atoms with Crippen molar-refractivity contribution in [2.24, 2.45) is 5.92 Å². The van der Waals surface area contributed by atoms with Gasteiger partial charge in [0.05, 0.1) is 15.7 Å². The van der Waals surface area contributed by atoms with E-state index in [1.807, 2.05) is 6.92 Å². The predicted octanol–water partition coefficient (Wildman–Crippen LogP) is 3.85. The third-order valence-corrected chi connectivity index (χ3v) is 8.51. The van der Waals surface area contributed by atoms with Gasteiger partial charge in [0.1, 0.15) is 5.82 Å². The number of anilines is 1. The maximum Gasteiger partial charge on any atom is 0.244 e. The third-order valence-electron chi connectivity index (χ3n) is 5.35. The van der Waals surface area contributed by atoms with E-state index >= 15 is 0 Å². The molecule has 0 bridgehead atoms. The molecule has 11 heteroatoms. The lowest BCUT2D eigenvalue weighted by atomic mass is 9.99. The Bertz CT molecular complexity index is 1220. The Labute approximate surface area is 189 Å². The number of aryl methyl sites for hydroxylation is 2. The quantitative estimate of drug-likeness (QED) is 0.577. The van der Waals surface area contributed by atoms with Crippen LogP contribution in [-0.2, 0) is 21.2 Å². The van der Waals surface area contributed by atoms with E-state index in [4.69, 9.17) is 4.52 Å². The third kappa shape index (κ3) is 4.59. The van der Waals surface area contributed by atoms with Crippen LogP contribution in [0.5, 0.6) is 0 Å². The highest BCUT2D eigenvalue weighted by molar-refractivity contribution is 7.89. The lowest BCUT2D eigenvalue weighted by Crippen LogP contribution is -2.43. The van der Waals surface area contributed by atoms with Crippen molar-refractivity contribution in [2.75, 3.05) is 18.4 Å². The first-order chi connectivity index (χ1) is 15.3. The van der Waals surface area contributed by atoms with Gasteiger partial charge < -0.3 is 9.84 Å². The molecule has 1 aliphatic heterocycles. The minimum atomic E-state index is -3.80. The number of halogens is 1. The van der Waals surface area contributed by atoms with Gasteiger partial charge in [-0.05, 0) is 50.1 Å². The second kappa shape index (κ2) is 9.08. The summed E-state index contributed by atoms with van der Waals surface area (Å²) in [6.45, 7) is 4.06. The lowest BCUT2D eigenvalue weighted by Gasteiger charge is -2.31. The molecule has 1 aromatic carbocycles. The smallest absolute Gasteiger partial charge is 0.244 e. The summed E-state index contributed by atoms with van der Waals surface area (Å²) >= 11 is 1.29. The van der Waals surface area contributed by atoms with E-state index in [0.717, 1.165) is 0 Å². The molecule has 1 amide bonds. The van der Waals surface area contributed by atoms with Crippen LogP contribution in [0, 0.1) is 18.7 Å². The highest BCUT2D eigenvalue weighted by atomic mass is 32.2.